The Bertz CT molecular complexity index is 856. The van der Waals surface area contributed by atoms with Crippen molar-refractivity contribution >= 4 is 11.9 Å². The van der Waals surface area contributed by atoms with E-state index in [1.807, 2.05) is 38.1 Å². The van der Waals surface area contributed by atoms with Crippen LogP contribution in [0.3, 0.4) is 0 Å². The van der Waals surface area contributed by atoms with Gasteiger partial charge in [0, 0.05) is 24.5 Å². The van der Waals surface area contributed by atoms with Crippen molar-refractivity contribution in [1.29, 1.82) is 0 Å². The quantitative estimate of drug-likeness (QED) is 0.886. The average molecular weight is 368 g/mol. The van der Waals surface area contributed by atoms with Crippen molar-refractivity contribution in [3.63, 3.8) is 0 Å². The van der Waals surface area contributed by atoms with E-state index in [1.54, 1.807) is 11.8 Å². The SMILES string of the molecule is Cc1cc(C(=O)N2CCCC(C)(C(=O)O)C2)c(C)n1C(C)c1ccccc1. The molecule has 2 heterocycles. The number of carboxylic acid groups (broad SMARTS) is 1. The number of aliphatic carboxylic acids is 1. The van der Waals surface area contributed by atoms with Crippen LogP contribution < -0.4 is 0 Å². The second-order valence-electron chi connectivity index (χ2n) is 7.94. The van der Waals surface area contributed by atoms with Crippen LogP contribution in [0.25, 0.3) is 0 Å². The molecule has 1 aromatic heterocycles. The summed E-state index contributed by atoms with van der Waals surface area (Å²) in [5.74, 6) is -0.898. The predicted molar refractivity (Wildman–Crippen MR) is 105 cm³/mol. The number of amides is 1. The third-order valence-corrected chi connectivity index (χ3v) is 5.88. The number of hydrogen-bond acceptors (Lipinski definition) is 2. The highest BCUT2D eigenvalue weighted by molar-refractivity contribution is 5.96. The van der Waals surface area contributed by atoms with Gasteiger partial charge in [-0.1, -0.05) is 30.3 Å². The third-order valence-electron chi connectivity index (χ3n) is 5.88. The number of nitrogens with zero attached hydrogens (tertiary/aromatic N) is 2. The number of rotatable bonds is 4. The first-order valence-electron chi connectivity index (χ1n) is 9.50. The molecule has 5 nitrogen and oxygen atoms in total. The van der Waals surface area contributed by atoms with Crippen molar-refractivity contribution in [1.82, 2.24) is 9.47 Å². The van der Waals surface area contributed by atoms with Gasteiger partial charge in [-0.05, 0) is 52.2 Å². The zero-order chi connectivity index (χ0) is 19.8. The number of benzene rings is 1. The van der Waals surface area contributed by atoms with E-state index in [4.69, 9.17) is 0 Å². The number of likely N-dealkylation sites (tertiary alicyclic amines) is 1. The summed E-state index contributed by atoms with van der Waals surface area (Å²) in [6, 6.07) is 12.3. The molecule has 5 heteroatoms. The number of carbonyl (C=O) groups excluding carboxylic acids is 1. The number of carboxylic acids is 1. The Morgan fingerprint density at radius 3 is 2.48 bits per heavy atom. The van der Waals surface area contributed by atoms with Gasteiger partial charge in [0.2, 0.25) is 0 Å². The van der Waals surface area contributed by atoms with E-state index in [1.165, 1.54) is 5.56 Å². The summed E-state index contributed by atoms with van der Waals surface area (Å²) in [5.41, 5.74) is 2.96. The van der Waals surface area contributed by atoms with E-state index >= 15 is 0 Å². The minimum absolute atomic E-state index is 0.0678. The summed E-state index contributed by atoms with van der Waals surface area (Å²) in [5, 5.41) is 9.53. The molecule has 1 N–H and O–H groups in total. The van der Waals surface area contributed by atoms with Gasteiger partial charge in [0.25, 0.3) is 5.91 Å². The Hall–Kier alpha value is -2.56. The molecule has 27 heavy (non-hydrogen) atoms. The van der Waals surface area contributed by atoms with Crippen LogP contribution in [0.4, 0.5) is 0 Å². The van der Waals surface area contributed by atoms with Crippen LogP contribution in [0.5, 0.6) is 0 Å². The van der Waals surface area contributed by atoms with Gasteiger partial charge in [0.05, 0.1) is 17.0 Å². The number of aryl methyl sites for hydroxylation is 1. The molecule has 2 aromatic rings. The zero-order valence-corrected chi connectivity index (χ0v) is 16.5. The first-order chi connectivity index (χ1) is 12.7. The standard InChI is InChI=1S/C22H28N2O3/c1-15-13-19(17(3)24(15)16(2)18-9-6-5-7-10-18)20(25)23-12-8-11-22(4,14-23)21(26)27/h5-7,9-10,13,16H,8,11-12,14H2,1-4H3,(H,26,27). The second kappa shape index (κ2) is 7.22. The van der Waals surface area contributed by atoms with E-state index in [9.17, 15) is 14.7 Å². The fraction of sp³-hybridized carbons (Fsp3) is 0.455. The predicted octanol–water partition coefficient (Wildman–Crippen LogP) is 4.04. The van der Waals surface area contributed by atoms with E-state index in [0.717, 1.165) is 11.4 Å². The normalized spacial score (nSPS) is 21.1. The van der Waals surface area contributed by atoms with Gasteiger partial charge >= 0.3 is 5.97 Å². The van der Waals surface area contributed by atoms with Crippen LogP contribution in [0.2, 0.25) is 0 Å². The van der Waals surface area contributed by atoms with Crippen molar-refractivity contribution in [3.05, 3.63) is 58.9 Å². The molecular weight excluding hydrogens is 340 g/mol. The maximum atomic E-state index is 13.2. The highest BCUT2D eigenvalue weighted by Crippen LogP contribution is 2.32. The van der Waals surface area contributed by atoms with Crippen LogP contribution in [0.15, 0.2) is 36.4 Å². The number of aromatic nitrogens is 1. The molecule has 144 valence electrons. The number of carbonyl (C=O) groups is 2. The van der Waals surface area contributed by atoms with Gasteiger partial charge < -0.3 is 14.6 Å². The number of piperidine rings is 1. The Morgan fingerprint density at radius 2 is 1.85 bits per heavy atom. The number of hydrogen-bond donors (Lipinski definition) is 1. The van der Waals surface area contributed by atoms with Crippen molar-refractivity contribution in [2.45, 2.75) is 46.6 Å². The molecule has 1 aliphatic heterocycles. The molecule has 0 radical (unpaired) electrons. The fourth-order valence-corrected chi connectivity index (χ4v) is 4.23. The Balaban J connectivity index is 1.90. The third kappa shape index (κ3) is 3.51. The Kier molecular flexibility index (Phi) is 5.13. The van der Waals surface area contributed by atoms with Gasteiger partial charge in [-0.25, -0.2) is 0 Å². The molecule has 0 aliphatic carbocycles. The van der Waals surface area contributed by atoms with Crippen LogP contribution in [-0.2, 0) is 4.79 Å². The summed E-state index contributed by atoms with van der Waals surface area (Å²) in [6.45, 7) is 8.72. The largest absolute Gasteiger partial charge is 0.481 e. The molecule has 1 aliphatic rings. The Labute approximate surface area is 160 Å². The Morgan fingerprint density at radius 1 is 1.19 bits per heavy atom. The summed E-state index contributed by atoms with van der Waals surface area (Å²) >= 11 is 0. The minimum atomic E-state index is -0.864. The van der Waals surface area contributed by atoms with Crippen LogP contribution >= 0.6 is 0 Å². The van der Waals surface area contributed by atoms with Crippen molar-refractivity contribution in [3.8, 4) is 0 Å². The molecule has 1 aromatic carbocycles. The lowest BCUT2D eigenvalue weighted by Gasteiger charge is -2.37. The fourth-order valence-electron chi connectivity index (χ4n) is 4.23. The molecule has 2 unspecified atom stereocenters. The second-order valence-corrected chi connectivity index (χ2v) is 7.94. The molecule has 1 saturated heterocycles. The average Bonchev–Trinajstić information content (AvgIpc) is 2.95. The summed E-state index contributed by atoms with van der Waals surface area (Å²) in [4.78, 5) is 26.5. The maximum Gasteiger partial charge on any atom is 0.311 e. The van der Waals surface area contributed by atoms with Gasteiger partial charge in [-0.15, -0.1) is 0 Å². The molecule has 1 fully saturated rings. The first kappa shape index (κ1) is 19.2. The van der Waals surface area contributed by atoms with Crippen LogP contribution in [0.1, 0.15) is 60.0 Å². The molecule has 1 amide bonds. The van der Waals surface area contributed by atoms with E-state index < -0.39 is 11.4 Å². The first-order valence-corrected chi connectivity index (χ1v) is 9.50. The van der Waals surface area contributed by atoms with Crippen LogP contribution in [-0.4, -0.2) is 39.5 Å². The summed E-state index contributed by atoms with van der Waals surface area (Å²) in [6.07, 6.45) is 1.32. The van der Waals surface area contributed by atoms with Gasteiger partial charge in [-0.3, -0.25) is 9.59 Å². The van der Waals surface area contributed by atoms with E-state index in [0.29, 0.717) is 24.9 Å². The van der Waals surface area contributed by atoms with Crippen LogP contribution in [0, 0.1) is 19.3 Å². The molecule has 2 atom stereocenters. The van der Waals surface area contributed by atoms with E-state index in [-0.39, 0.29) is 18.5 Å². The lowest BCUT2D eigenvalue weighted by atomic mass is 9.82. The highest BCUT2D eigenvalue weighted by Gasteiger charge is 2.40. The van der Waals surface area contributed by atoms with Gasteiger partial charge in [0.1, 0.15) is 0 Å². The molecule has 0 spiro atoms. The van der Waals surface area contributed by atoms with E-state index in [2.05, 4.69) is 23.6 Å². The molecule has 0 bridgehead atoms. The van der Waals surface area contributed by atoms with Gasteiger partial charge in [-0.2, -0.15) is 0 Å². The smallest absolute Gasteiger partial charge is 0.311 e. The highest BCUT2D eigenvalue weighted by atomic mass is 16.4. The monoisotopic (exact) mass is 368 g/mol. The van der Waals surface area contributed by atoms with Gasteiger partial charge in [0.15, 0.2) is 0 Å². The molecule has 3 rings (SSSR count). The van der Waals surface area contributed by atoms with Crippen molar-refractivity contribution in [2.24, 2.45) is 5.41 Å². The van der Waals surface area contributed by atoms with Crippen molar-refractivity contribution in [2.75, 3.05) is 13.1 Å². The van der Waals surface area contributed by atoms with Crippen molar-refractivity contribution < 1.29 is 14.7 Å². The summed E-state index contributed by atoms with van der Waals surface area (Å²) < 4.78 is 2.18. The minimum Gasteiger partial charge on any atom is -0.481 e. The molecule has 0 saturated carbocycles. The molecular formula is C22H28N2O3. The zero-order valence-electron chi connectivity index (χ0n) is 16.5. The topological polar surface area (TPSA) is 62.5 Å². The maximum absolute atomic E-state index is 13.2. The summed E-state index contributed by atoms with van der Waals surface area (Å²) in [7, 11) is 0. The lowest BCUT2D eigenvalue weighted by Crippen LogP contribution is -2.48. The lowest BCUT2D eigenvalue weighted by molar-refractivity contribution is -0.150.